The fraction of sp³-hybridized carbons (Fsp3) is 0.185. The predicted molar refractivity (Wildman–Crippen MR) is 134 cm³/mol. The van der Waals surface area contributed by atoms with Gasteiger partial charge in [-0.3, -0.25) is 4.79 Å². The van der Waals surface area contributed by atoms with Gasteiger partial charge in [-0.05, 0) is 57.0 Å². The molecule has 0 aliphatic heterocycles. The zero-order valence-corrected chi connectivity index (χ0v) is 19.8. The molecule has 0 saturated heterocycles. The number of fused-ring (bicyclic) bond motifs is 1. The summed E-state index contributed by atoms with van der Waals surface area (Å²) in [5.74, 6) is 0.407. The Hall–Kier alpha value is -3.57. The van der Waals surface area contributed by atoms with Crippen molar-refractivity contribution in [1.29, 1.82) is 0 Å². The lowest BCUT2D eigenvalue weighted by atomic mass is 9.96. The summed E-state index contributed by atoms with van der Waals surface area (Å²) in [5.41, 5.74) is 6.99. The molecule has 5 nitrogen and oxygen atoms in total. The van der Waals surface area contributed by atoms with Crippen LogP contribution in [0.1, 0.15) is 30.5 Å². The first kappa shape index (κ1) is 22.6. The molecule has 1 amide bonds. The third-order valence-electron chi connectivity index (χ3n) is 5.48. The Morgan fingerprint density at radius 2 is 1.97 bits per heavy atom. The van der Waals surface area contributed by atoms with Crippen LogP contribution in [0, 0.1) is 13.8 Å². The first-order valence-electron chi connectivity index (χ1n) is 10.7. The Morgan fingerprint density at radius 1 is 1.21 bits per heavy atom. The van der Waals surface area contributed by atoms with E-state index in [-0.39, 0.29) is 11.1 Å². The van der Waals surface area contributed by atoms with E-state index in [1.54, 1.807) is 24.6 Å². The number of anilines is 1. The number of aryl methyl sites for hydroxylation is 2. The van der Waals surface area contributed by atoms with E-state index in [4.69, 9.17) is 20.8 Å². The summed E-state index contributed by atoms with van der Waals surface area (Å²) in [7, 11) is 0. The summed E-state index contributed by atoms with van der Waals surface area (Å²) in [6.45, 7) is 8.35. The van der Waals surface area contributed by atoms with Crippen molar-refractivity contribution < 1.29 is 13.9 Å². The monoisotopic (exact) mass is 460 g/mol. The SMILES string of the molecule is CCOc1c(/C(C)=C/C(=O)Nc2cccnc2Cl)cc2c(-c3ccc(C)cc3)coc2c1C. The van der Waals surface area contributed by atoms with Crippen molar-refractivity contribution in [3.8, 4) is 16.9 Å². The minimum atomic E-state index is -0.298. The average Bonchev–Trinajstić information content (AvgIpc) is 3.22. The molecule has 4 aromatic rings. The van der Waals surface area contributed by atoms with Crippen LogP contribution in [0.5, 0.6) is 5.75 Å². The van der Waals surface area contributed by atoms with Gasteiger partial charge in [0.25, 0.3) is 0 Å². The van der Waals surface area contributed by atoms with Crippen LogP contribution in [0.25, 0.3) is 27.7 Å². The molecule has 2 heterocycles. The second-order valence-electron chi connectivity index (χ2n) is 7.86. The fourth-order valence-electron chi connectivity index (χ4n) is 3.82. The van der Waals surface area contributed by atoms with Gasteiger partial charge in [-0.1, -0.05) is 41.4 Å². The molecule has 2 aromatic carbocycles. The molecule has 33 heavy (non-hydrogen) atoms. The number of nitrogens with zero attached hydrogens (tertiary/aromatic N) is 1. The maximum Gasteiger partial charge on any atom is 0.248 e. The van der Waals surface area contributed by atoms with Crippen molar-refractivity contribution in [3.63, 3.8) is 0 Å². The third-order valence-corrected chi connectivity index (χ3v) is 5.79. The highest BCUT2D eigenvalue weighted by Crippen LogP contribution is 2.40. The molecule has 0 radical (unpaired) electrons. The molecule has 1 N–H and O–H groups in total. The third kappa shape index (κ3) is 4.64. The lowest BCUT2D eigenvalue weighted by Crippen LogP contribution is -2.09. The molecule has 0 aliphatic rings. The molecule has 0 fully saturated rings. The molecule has 6 heteroatoms. The number of rotatable bonds is 6. The highest BCUT2D eigenvalue weighted by atomic mass is 35.5. The summed E-state index contributed by atoms with van der Waals surface area (Å²) in [4.78, 5) is 16.7. The number of carbonyl (C=O) groups excluding carboxylic acids is 1. The second kappa shape index (κ2) is 9.51. The van der Waals surface area contributed by atoms with Crippen molar-refractivity contribution in [3.05, 3.63) is 82.8 Å². The van der Waals surface area contributed by atoms with E-state index in [1.165, 1.54) is 11.6 Å². The number of ether oxygens (including phenoxy) is 1. The van der Waals surface area contributed by atoms with E-state index in [0.29, 0.717) is 18.0 Å². The Labute approximate surface area is 198 Å². The number of pyridine rings is 1. The molecule has 0 aliphatic carbocycles. The number of amides is 1. The summed E-state index contributed by atoms with van der Waals surface area (Å²) >= 11 is 6.07. The summed E-state index contributed by atoms with van der Waals surface area (Å²) < 4.78 is 11.9. The van der Waals surface area contributed by atoms with Crippen LogP contribution < -0.4 is 10.1 Å². The fourth-order valence-corrected chi connectivity index (χ4v) is 3.98. The van der Waals surface area contributed by atoms with Gasteiger partial charge in [-0.25, -0.2) is 4.98 Å². The second-order valence-corrected chi connectivity index (χ2v) is 8.22. The van der Waals surface area contributed by atoms with Crippen LogP contribution in [0.15, 0.2) is 65.4 Å². The predicted octanol–water partition coefficient (Wildman–Crippen LogP) is 7.21. The van der Waals surface area contributed by atoms with Gasteiger partial charge in [0.2, 0.25) is 5.91 Å². The maximum atomic E-state index is 12.7. The van der Waals surface area contributed by atoms with E-state index in [1.807, 2.05) is 26.8 Å². The van der Waals surface area contributed by atoms with Crippen LogP contribution in [0.3, 0.4) is 0 Å². The zero-order valence-electron chi connectivity index (χ0n) is 19.0. The van der Waals surface area contributed by atoms with Crippen molar-refractivity contribution in [1.82, 2.24) is 4.98 Å². The molecule has 4 rings (SSSR count). The number of furan rings is 1. The van der Waals surface area contributed by atoms with Gasteiger partial charge in [0, 0.05) is 34.3 Å². The van der Waals surface area contributed by atoms with Gasteiger partial charge in [-0.2, -0.15) is 0 Å². The lowest BCUT2D eigenvalue weighted by Gasteiger charge is -2.15. The van der Waals surface area contributed by atoms with Gasteiger partial charge in [0.15, 0.2) is 5.15 Å². The zero-order chi connectivity index (χ0) is 23.5. The van der Waals surface area contributed by atoms with E-state index >= 15 is 0 Å². The highest BCUT2D eigenvalue weighted by molar-refractivity contribution is 6.32. The van der Waals surface area contributed by atoms with E-state index in [9.17, 15) is 4.79 Å². The largest absolute Gasteiger partial charge is 0.493 e. The van der Waals surface area contributed by atoms with Crippen LogP contribution in [0.2, 0.25) is 5.15 Å². The molecule has 0 spiro atoms. The van der Waals surface area contributed by atoms with E-state index in [0.717, 1.165) is 38.8 Å². The van der Waals surface area contributed by atoms with Gasteiger partial charge in [0.05, 0.1) is 18.6 Å². The van der Waals surface area contributed by atoms with Gasteiger partial charge in [-0.15, -0.1) is 0 Å². The van der Waals surface area contributed by atoms with Gasteiger partial charge < -0.3 is 14.5 Å². The quantitative estimate of drug-likeness (QED) is 0.244. The Bertz CT molecular complexity index is 1350. The lowest BCUT2D eigenvalue weighted by molar-refractivity contribution is -0.111. The minimum absolute atomic E-state index is 0.241. The van der Waals surface area contributed by atoms with Gasteiger partial charge >= 0.3 is 0 Å². The standard InChI is InChI=1S/C27H25ClN2O3/c1-5-32-25-18(4)26-21(22(15-33-26)19-10-8-16(2)9-11-19)14-20(25)17(3)13-24(31)30-23-7-6-12-29-27(23)28/h6-15H,5H2,1-4H3,(H,30,31)/b17-13+. The molecular formula is C27H25ClN2O3. The summed E-state index contributed by atoms with van der Waals surface area (Å²) in [5, 5.41) is 3.99. The van der Waals surface area contributed by atoms with Crippen LogP contribution in [0.4, 0.5) is 5.69 Å². The summed E-state index contributed by atoms with van der Waals surface area (Å²) in [6, 6.07) is 13.8. The van der Waals surface area contributed by atoms with Crippen LogP contribution in [-0.2, 0) is 4.79 Å². The molecule has 2 aromatic heterocycles. The molecular weight excluding hydrogens is 436 g/mol. The Morgan fingerprint density at radius 3 is 2.67 bits per heavy atom. The number of benzene rings is 2. The molecule has 168 valence electrons. The number of carbonyl (C=O) groups is 1. The Balaban J connectivity index is 1.79. The molecule has 0 atom stereocenters. The first-order valence-corrected chi connectivity index (χ1v) is 11.1. The van der Waals surface area contributed by atoms with Crippen LogP contribution in [-0.4, -0.2) is 17.5 Å². The van der Waals surface area contributed by atoms with Crippen molar-refractivity contribution in [2.75, 3.05) is 11.9 Å². The van der Waals surface area contributed by atoms with E-state index in [2.05, 4.69) is 41.5 Å². The van der Waals surface area contributed by atoms with Crippen molar-refractivity contribution >= 4 is 39.7 Å². The average molecular weight is 461 g/mol. The van der Waals surface area contributed by atoms with Crippen LogP contribution >= 0.6 is 11.6 Å². The van der Waals surface area contributed by atoms with Gasteiger partial charge in [0.1, 0.15) is 11.3 Å². The number of hydrogen-bond donors (Lipinski definition) is 1. The van der Waals surface area contributed by atoms with Crippen molar-refractivity contribution in [2.45, 2.75) is 27.7 Å². The number of nitrogens with one attached hydrogen (secondary N) is 1. The first-order chi connectivity index (χ1) is 15.9. The molecule has 0 bridgehead atoms. The number of allylic oxidation sites excluding steroid dienone is 1. The summed E-state index contributed by atoms with van der Waals surface area (Å²) in [6.07, 6.45) is 4.89. The topological polar surface area (TPSA) is 64.4 Å². The number of hydrogen-bond acceptors (Lipinski definition) is 4. The smallest absolute Gasteiger partial charge is 0.248 e. The highest BCUT2D eigenvalue weighted by Gasteiger charge is 2.19. The van der Waals surface area contributed by atoms with E-state index < -0.39 is 0 Å². The Kier molecular flexibility index (Phi) is 6.52. The molecule has 0 saturated carbocycles. The maximum absolute atomic E-state index is 12.7. The normalized spacial score (nSPS) is 11.6. The van der Waals surface area contributed by atoms with Crippen molar-refractivity contribution in [2.24, 2.45) is 0 Å². The number of halogens is 1. The minimum Gasteiger partial charge on any atom is -0.493 e. The molecule has 0 unspecified atom stereocenters. The number of aromatic nitrogens is 1.